The molecule has 3 aromatic rings. The molecular formula is C24H18O8. The molecule has 0 atom stereocenters. The second-order valence-electron chi connectivity index (χ2n) is 7.21. The molecule has 3 rings (SSSR count). The highest BCUT2D eigenvalue weighted by Gasteiger charge is 2.36. The van der Waals surface area contributed by atoms with Crippen LogP contribution >= 0.6 is 0 Å². The van der Waals surface area contributed by atoms with E-state index in [1.54, 1.807) is 26.0 Å². The van der Waals surface area contributed by atoms with Crippen molar-refractivity contribution < 1.29 is 39.6 Å². The molecule has 3 aromatic carbocycles. The summed E-state index contributed by atoms with van der Waals surface area (Å²) in [5.74, 6) is -6.75. The van der Waals surface area contributed by atoms with Crippen LogP contribution in [0.25, 0.3) is 22.3 Å². The lowest BCUT2D eigenvalue weighted by molar-refractivity contribution is 0.0639. The van der Waals surface area contributed by atoms with Gasteiger partial charge in [0.2, 0.25) is 0 Å². The molecule has 0 saturated heterocycles. The average molecular weight is 434 g/mol. The topological polar surface area (TPSA) is 149 Å². The van der Waals surface area contributed by atoms with E-state index in [0.29, 0.717) is 11.1 Å². The van der Waals surface area contributed by atoms with E-state index in [1.807, 2.05) is 0 Å². The lowest BCUT2D eigenvalue weighted by atomic mass is 9.80. The second kappa shape index (κ2) is 8.35. The fourth-order valence-electron chi connectivity index (χ4n) is 3.78. The summed E-state index contributed by atoms with van der Waals surface area (Å²) in [7, 11) is 0. The van der Waals surface area contributed by atoms with Crippen LogP contribution in [0.3, 0.4) is 0 Å². The van der Waals surface area contributed by atoms with Crippen LogP contribution in [0.1, 0.15) is 52.6 Å². The van der Waals surface area contributed by atoms with Crippen molar-refractivity contribution in [3.63, 3.8) is 0 Å². The van der Waals surface area contributed by atoms with E-state index in [2.05, 4.69) is 0 Å². The van der Waals surface area contributed by atoms with Gasteiger partial charge >= 0.3 is 23.9 Å². The van der Waals surface area contributed by atoms with Crippen molar-refractivity contribution in [3.8, 4) is 22.3 Å². The van der Waals surface area contributed by atoms with Gasteiger partial charge in [0.05, 0.1) is 22.3 Å². The lowest BCUT2D eigenvalue weighted by Crippen LogP contribution is -2.21. The van der Waals surface area contributed by atoms with Gasteiger partial charge in [0, 0.05) is 11.1 Å². The van der Waals surface area contributed by atoms with Crippen molar-refractivity contribution in [2.45, 2.75) is 13.8 Å². The van der Waals surface area contributed by atoms with Crippen LogP contribution < -0.4 is 0 Å². The van der Waals surface area contributed by atoms with Gasteiger partial charge in [0.25, 0.3) is 0 Å². The van der Waals surface area contributed by atoms with Crippen LogP contribution in [0.15, 0.2) is 48.5 Å². The molecule has 0 aliphatic carbocycles. The number of carboxylic acid groups (broad SMARTS) is 4. The first kappa shape index (κ1) is 22.2. The van der Waals surface area contributed by atoms with Gasteiger partial charge in [0.15, 0.2) is 0 Å². The molecule has 0 unspecified atom stereocenters. The zero-order valence-corrected chi connectivity index (χ0v) is 17.0. The SMILES string of the molecule is Cc1cccc(-c2c(C(=O)O)c(C(=O)O)c(-c3cccc(C)c3)c(C(=O)O)c2C(=O)O)c1. The number of aromatic carboxylic acids is 4. The summed E-state index contributed by atoms with van der Waals surface area (Å²) in [6.45, 7) is 3.36. The molecule has 0 radical (unpaired) electrons. The number of hydrogen-bond acceptors (Lipinski definition) is 4. The Hall–Kier alpha value is -4.46. The maximum Gasteiger partial charge on any atom is 0.337 e. The van der Waals surface area contributed by atoms with Gasteiger partial charge in [-0.1, -0.05) is 59.7 Å². The van der Waals surface area contributed by atoms with Gasteiger partial charge in [-0.15, -0.1) is 0 Å². The molecule has 8 nitrogen and oxygen atoms in total. The Morgan fingerprint density at radius 2 is 0.812 bits per heavy atom. The summed E-state index contributed by atoms with van der Waals surface area (Å²) < 4.78 is 0. The van der Waals surface area contributed by atoms with E-state index in [0.717, 1.165) is 0 Å². The highest BCUT2D eigenvalue weighted by atomic mass is 16.4. The van der Waals surface area contributed by atoms with E-state index in [1.165, 1.54) is 36.4 Å². The molecule has 0 spiro atoms. The molecule has 32 heavy (non-hydrogen) atoms. The van der Waals surface area contributed by atoms with Crippen LogP contribution in [0.5, 0.6) is 0 Å². The van der Waals surface area contributed by atoms with Gasteiger partial charge in [0.1, 0.15) is 0 Å². The molecule has 0 saturated carbocycles. The number of benzene rings is 3. The van der Waals surface area contributed by atoms with Gasteiger partial charge in [-0.25, -0.2) is 19.2 Å². The number of aryl methyl sites for hydroxylation is 2. The highest BCUT2D eigenvalue weighted by molar-refractivity contribution is 6.21. The van der Waals surface area contributed by atoms with Crippen molar-refractivity contribution in [2.75, 3.05) is 0 Å². The van der Waals surface area contributed by atoms with Gasteiger partial charge < -0.3 is 20.4 Å². The number of carboxylic acids is 4. The maximum atomic E-state index is 12.3. The number of carbonyl (C=O) groups is 4. The molecular weight excluding hydrogens is 416 g/mol. The highest BCUT2D eigenvalue weighted by Crippen LogP contribution is 2.41. The first-order valence-electron chi connectivity index (χ1n) is 9.35. The van der Waals surface area contributed by atoms with E-state index in [9.17, 15) is 39.6 Å². The predicted octanol–water partition coefficient (Wildman–Crippen LogP) is 4.43. The normalized spacial score (nSPS) is 10.6. The van der Waals surface area contributed by atoms with Crippen molar-refractivity contribution in [1.82, 2.24) is 0 Å². The quantitative estimate of drug-likeness (QED) is 0.445. The Morgan fingerprint density at radius 1 is 0.531 bits per heavy atom. The maximum absolute atomic E-state index is 12.3. The minimum atomic E-state index is -1.69. The molecule has 0 aromatic heterocycles. The van der Waals surface area contributed by atoms with Gasteiger partial charge in [-0.2, -0.15) is 0 Å². The Morgan fingerprint density at radius 3 is 1.03 bits per heavy atom. The molecule has 8 heteroatoms. The zero-order valence-electron chi connectivity index (χ0n) is 17.0. The summed E-state index contributed by atoms with van der Waals surface area (Å²) in [5.41, 5.74) is -2.65. The molecule has 4 N–H and O–H groups in total. The Kier molecular flexibility index (Phi) is 5.80. The first-order valence-corrected chi connectivity index (χ1v) is 9.35. The van der Waals surface area contributed by atoms with Gasteiger partial charge in [-0.3, -0.25) is 0 Å². The summed E-state index contributed by atoms with van der Waals surface area (Å²) in [4.78, 5) is 49.2. The summed E-state index contributed by atoms with van der Waals surface area (Å²) in [6, 6.07) is 12.2. The molecule has 0 amide bonds. The van der Waals surface area contributed by atoms with Crippen LogP contribution in [-0.4, -0.2) is 44.3 Å². The fourth-order valence-corrected chi connectivity index (χ4v) is 3.78. The van der Waals surface area contributed by atoms with Crippen molar-refractivity contribution in [1.29, 1.82) is 0 Å². The zero-order chi connectivity index (χ0) is 23.7. The molecule has 0 bridgehead atoms. The monoisotopic (exact) mass is 434 g/mol. The van der Waals surface area contributed by atoms with E-state index < -0.39 is 57.3 Å². The third kappa shape index (κ3) is 3.81. The summed E-state index contributed by atoms with van der Waals surface area (Å²) >= 11 is 0. The van der Waals surface area contributed by atoms with E-state index >= 15 is 0 Å². The van der Waals surface area contributed by atoms with Crippen molar-refractivity contribution in [3.05, 3.63) is 81.9 Å². The molecule has 0 heterocycles. The molecule has 0 aliphatic heterocycles. The van der Waals surface area contributed by atoms with Crippen LogP contribution in [0, 0.1) is 13.8 Å². The summed E-state index contributed by atoms with van der Waals surface area (Å²) in [6.07, 6.45) is 0. The van der Waals surface area contributed by atoms with E-state index in [-0.39, 0.29) is 11.1 Å². The average Bonchev–Trinajstić information content (AvgIpc) is 2.71. The van der Waals surface area contributed by atoms with Crippen LogP contribution in [-0.2, 0) is 0 Å². The Balaban J connectivity index is 2.73. The standard InChI is InChI=1S/C24H18O8/c1-11-5-3-7-13(9-11)15-17(21(25)26)19(23(29)30)16(14-8-4-6-12(2)10-14)20(24(31)32)18(15)22(27)28/h3-10H,1-2H3,(H,25,26)(H,27,28)(H,29,30)(H,31,32). The van der Waals surface area contributed by atoms with Crippen LogP contribution in [0.4, 0.5) is 0 Å². The minimum absolute atomic E-state index is 0.0839. The van der Waals surface area contributed by atoms with Crippen LogP contribution in [0.2, 0.25) is 0 Å². The first-order chi connectivity index (χ1) is 15.0. The Labute approximate surface area is 182 Å². The minimum Gasteiger partial charge on any atom is -0.478 e. The van der Waals surface area contributed by atoms with Crippen molar-refractivity contribution in [2.24, 2.45) is 0 Å². The van der Waals surface area contributed by atoms with Crippen molar-refractivity contribution >= 4 is 23.9 Å². The summed E-state index contributed by atoms with van der Waals surface area (Å²) in [5, 5.41) is 39.9. The second-order valence-corrected chi connectivity index (χ2v) is 7.21. The predicted molar refractivity (Wildman–Crippen MR) is 115 cm³/mol. The molecule has 0 aliphatic rings. The molecule has 0 fully saturated rings. The van der Waals surface area contributed by atoms with E-state index in [4.69, 9.17) is 0 Å². The third-order valence-corrected chi connectivity index (χ3v) is 4.97. The van der Waals surface area contributed by atoms with Gasteiger partial charge in [-0.05, 0) is 25.0 Å². The fraction of sp³-hybridized carbons (Fsp3) is 0.0833. The number of rotatable bonds is 6. The lowest BCUT2D eigenvalue weighted by Gasteiger charge is -2.21. The molecule has 162 valence electrons. The number of hydrogen-bond donors (Lipinski definition) is 4. The smallest absolute Gasteiger partial charge is 0.337 e. The largest absolute Gasteiger partial charge is 0.478 e. The third-order valence-electron chi connectivity index (χ3n) is 4.97. The Bertz CT molecular complexity index is 1150.